The fourth-order valence-electron chi connectivity index (χ4n) is 4.34. The zero-order valence-corrected chi connectivity index (χ0v) is 17.7. The Hall–Kier alpha value is -2.00. The highest BCUT2D eigenvalue weighted by Crippen LogP contribution is 2.41. The van der Waals surface area contributed by atoms with Crippen LogP contribution in [0, 0.1) is 5.41 Å². The summed E-state index contributed by atoms with van der Waals surface area (Å²) in [6, 6.07) is 2.75. The van der Waals surface area contributed by atoms with Gasteiger partial charge in [-0.15, -0.1) is 0 Å². The van der Waals surface area contributed by atoms with E-state index in [1.807, 2.05) is 9.80 Å². The van der Waals surface area contributed by atoms with Crippen LogP contribution in [0.4, 0.5) is 4.79 Å². The predicted molar refractivity (Wildman–Crippen MR) is 109 cm³/mol. The molecular formula is C19H23ClN4O4S. The number of aromatic nitrogens is 1. The SMILES string of the molecule is COc1cc(C(=O)N2CCC3(CC2)CCN(C(=O)[C@@H]2CSC(=O)N2)C3)cc(Cl)n1. The minimum Gasteiger partial charge on any atom is -0.481 e. The van der Waals surface area contributed by atoms with Crippen LogP contribution in [0.5, 0.6) is 5.88 Å². The van der Waals surface area contributed by atoms with Crippen molar-refractivity contribution in [2.45, 2.75) is 25.3 Å². The van der Waals surface area contributed by atoms with Crippen molar-refractivity contribution >= 4 is 40.4 Å². The molecule has 1 aromatic rings. The van der Waals surface area contributed by atoms with Crippen LogP contribution in [0.2, 0.25) is 5.15 Å². The number of thioether (sulfide) groups is 1. The number of hydrogen-bond donors (Lipinski definition) is 1. The molecule has 3 saturated heterocycles. The minimum absolute atomic E-state index is 0.0113. The smallest absolute Gasteiger partial charge is 0.279 e. The highest BCUT2D eigenvalue weighted by Gasteiger charge is 2.44. The molecule has 156 valence electrons. The Balaban J connectivity index is 1.36. The van der Waals surface area contributed by atoms with E-state index in [1.165, 1.54) is 7.11 Å². The van der Waals surface area contributed by atoms with Gasteiger partial charge in [-0.3, -0.25) is 14.4 Å². The van der Waals surface area contributed by atoms with Crippen LogP contribution in [0.3, 0.4) is 0 Å². The average Bonchev–Trinajstić information content (AvgIpc) is 3.34. The second-order valence-corrected chi connectivity index (χ2v) is 9.20. The maximum Gasteiger partial charge on any atom is 0.279 e. The first-order valence-corrected chi connectivity index (χ1v) is 11.0. The highest BCUT2D eigenvalue weighted by molar-refractivity contribution is 8.14. The van der Waals surface area contributed by atoms with Crippen LogP contribution in [0.15, 0.2) is 12.1 Å². The van der Waals surface area contributed by atoms with E-state index in [0.29, 0.717) is 43.4 Å². The summed E-state index contributed by atoms with van der Waals surface area (Å²) in [5, 5.41) is 2.83. The minimum atomic E-state index is -0.407. The molecule has 3 aliphatic rings. The number of methoxy groups -OCH3 is 1. The van der Waals surface area contributed by atoms with Crippen LogP contribution < -0.4 is 10.1 Å². The Labute approximate surface area is 178 Å². The lowest BCUT2D eigenvalue weighted by Crippen LogP contribution is -2.47. The van der Waals surface area contributed by atoms with Crippen molar-refractivity contribution in [1.82, 2.24) is 20.1 Å². The maximum atomic E-state index is 12.9. The maximum absolute atomic E-state index is 12.9. The molecule has 0 bridgehead atoms. The molecule has 0 aliphatic carbocycles. The van der Waals surface area contributed by atoms with E-state index in [0.717, 1.165) is 31.0 Å². The molecule has 1 N–H and O–H groups in total. The number of nitrogens with one attached hydrogen (secondary N) is 1. The number of rotatable bonds is 3. The van der Waals surface area contributed by atoms with Gasteiger partial charge in [-0.25, -0.2) is 4.98 Å². The quantitative estimate of drug-likeness (QED) is 0.726. The second-order valence-electron chi connectivity index (χ2n) is 7.82. The molecule has 0 radical (unpaired) electrons. The van der Waals surface area contributed by atoms with E-state index in [9.17, 15) is 14.4 Å². The van der Waals surface area contributed by atoms with Crippen molar-refractivity contribution in [2.24, 2.45) is 5.41 Å². The van der Waals surface area contributed by atoms with Crippen LogP contribution in [0.25, 0.3) is 0 Å². The summed E-state index contributed by atoms with van der Waals surface area (Å²) in [4.78, 5) is 44.6. The second kappa shape index (κ2) is 8.02. The molecule has 0 aromatic carbocycles. The highest BCUT2D eigenvalue weighted by atomic mass is 35.5. The number of likely N-dealkylation sites (tertiary alicyclic amines) is 2. The van der Waals surface area contributed by atoms with Gasteiger partial charge < -0.3 is 19.9 Å². The Morgan fingerprint density at radius 1 is 1.24 bits per heavy atom. The molecule has 4 heterocycles. The summed E-state index contributed by atoms with van der Waals surface area (Å²) in [7, 11) is 1.49. The van der Waals surface area contributed by atoms with Crippen molar-refractivity contribution in [3.63, 3.8) is 0 Å². The summed E-state index contributed by atoms with van der Waals surface area (Å²) in [5.74, 6) is 0.745. The fourth-order valence-corrected chi connectivity index (χ4v) is 5.31. The first kappa shape index (κ1) is 20.3. The molecule has 1 atom stereocenters. The standard InChI is InChI=1S/C19H23ClN4O4S/c1-28-15-9-12(8-14(20)22-15)16(25)23-5-2-19(3-6-23)4-7-24(11-19)17(26)13-10-29-18(27)21-13/h8-9,13H,2-7,10-11H2,1H3,(H,21,27)/t13-/m0/s1. The largest absolute Gasteiger partial charge is 0.481 e. The zero-order valence-electron chi connectivity index (χ0n) is 16.1. The molecule has 0 unspecified atom stereocenters. The van der Waals surface area contributed by atoms with Gasteiger partial charge in [0.05, 0.1) is 7.11 Å². The van der Waals surface area contributed by atoms with Crippen molar-refractivity contribution in [2.75, 3.05) is 39.0 Å². The van der Waals surface area contributed by atoms with Gasteiger partial charge >= 0.3 is 0 Å². The van der Waals surface area contributed by atoms with Gasteiger partial charge in [0, 0.05) is 43.6 Å². The van der Waals surface area contributed by atoms with Gasteiger partial charge in [0.2, 0.25) is 11.8 Å². The molecule has 8 nitrogen and oxygen atoms in total. The van der Waals surface area contributed by atoms with E-state index in [4.69, 9.17) is 16.3 Å². The third-order valence-electron chi connectivity index (χ3n) is 6.06. The number of nitrogens with zero attached hydrogens (tertiary/aromatic N) is 3. The van der Waals surface area contributed by atoms with Gasteiger partial charge in [-0.05, 0) is 30.7 Å². The lowest BCUT2D eigenvalue weighted by Gasteiger charge is -2.39. The zero-order chi connectivity index (χ0) is 20.6. The monoisotopic (exact) mass is 438 g/mol. The van der Waals surface area contributed by atoms with Crippen molar-refractivity contribution < 1.29 is 19.1 Å². The summed E-state index contributed by atoms with van der Waals surface area (Å²) in [6.45, 7) is 2.68. The molecular weight excluding hydrogens is 416 g/mol. The molecule has 1 aromatic heterocycles. The topological polar surface area (TPSA) is 91.8 Å². The lowest BCUT2D eigenvalue weighted by molar-refractivity contribution is -0.132. The number of ether oxygens (including phenoxy) is 1. The number of amides is 3. The number of halogens is 1. The molecule has 0 saturated carbocycles. The van der Waals surface area contributed by atoms with Gasteiger partial charge in [0.1, 0.15) is 11.2 Å². The van der Waals surface area contributed by atoms with E-state index in [1.54, 1.807) is 12.1 Å². The lowest BCUT2D eigenvalue weighted by atomic mass is 9.77. The summed E-state index contributed by atoms with van der Waals surface area (Å²) in [6.07, 6.45) is 2.64. The Morgan fingerprint density at radius 3 is 2.55 bits per heavy atom. The number of hydrogen-bond acceptors (Lipinski definition) is 6. The van der Waals surface area contributed by atoms with Crippen molar-refractivity contribution in [3.05, 3.63) is 22.8 Å². The number of piperidine rings is 1. The Kier molecular flexibility index (Phi) is 5.61. The fraction of sp³-hybridized carbons (Fsp3) is 0.579. The van der Waals surface area contributed by atoms with Crippen LogP contribution >= 0.6 is 23.4 Å². The molecule has 3 aliphatic heterocycles. The van der Waals surface area contributed by atoms with Crippen LogP contribution in [-0.2, 0) is 4.79 Å². The molecule has 1 spiro atoms. The first-order valence-electron chi connectivity index (χ1n) is 9.62. The van der Waals surface area contributed by atoms with Gasteiger partial charge in [-0.2, -0.15) is 0 Å². The van der Waals surface area contributed by atoms with Crippen molar-refractivity contribution in [1.29, 1.82) is 0 Å². The summed E-state index contributed by atoms with van der Waals surface area (Å²) in [5.41, 5.74) is 0.519. The number of pyridine rings is 1. The third kappa shape index (κ3) is 4.16. The number of carbonyl (C=O) groups excluding carboxylic acids is 3. The molecule has 10 heteroatoms. The molecule has 3 fully saturated rings. The van der Waals surface area contributed by atoms with Crippen molar-refractivity contribution in [3.8, 4) is 5.88 Å². The van der Waals surface area contributed by atoms with Gasteiger partial charge in [0.15, 0.2) is 0 Å². The predicted octanol–water partition coefficient (Wildman–Crippen LogP) is 2.02. The Morgan fingerprint density at radius 2 is 1.93 bits per heavy atom. The molecule has 4 rings (SSSR count). The Bertz CT molecular complexity index is 843. The van der Waals surface area contributed by atoms with E-state index in [2.05, 4.69) is 10.3 Å². The summed E-state index contributed by atoms with van der Waals surface area (Å²) >= 11 is 7.15. The first-order chi connectivity index (χ1) is 13.9. The summed E-state index contributed by atoms with van der Waals surface area (Å²) < 4.78 is 5.10. The molecule has 29 heavy (non-hydrogen) atoms. The number of carbonyl (C=O) groups is 3. The van der Waals surface area contributed by atoms with E-state index < -0.39 is 6.04 Å². The molecule has 3 amide bonds. The third-order valence-corrected chi connectivity index (χ3v) is 7.13. The normalized spacial score (nSPS) is 23.4. The average molecular weight is 439 g/mol. The van der Waals surface area contributed by atoms with E-state index >= 15 is 0 Å². The van der Waals surface area contributed by atoms with Crippen LogP contribution in [0.1, 0.15) is 29.6 Å². The van der Waals surface area contributed by atoms with E-state index in [-0.39, 0.29) is 27.6 Å². The van der Waals surface area contributed by atoms with Gasteiger partial charge in [0.25, 0.3) is 11.1 Å². The van der Waals surface area contributed by atoms with Crippen LogP contribution in [-0.4, -0.2) is 76.9 Å². The van der Waals surface area contributed by atoms with Gasteiger partial charge in [-0.1, -0.05) is 23.4 Å².